The summed E-state index contributed by atoms with van der Waals surface area (Å²) in [5.41, 5.74) is 0.777. The van der Waals surface area contributed by atoms with Crippen LogP contribution in [0.25, 0.3) is 11.0 Å². The summed E-state index contributed by atoms with van der Waals surface area (Å²) in [7, 11) is 0. The second-order valence-electron chi connectivity index (χ2n) is 7.00. The Bertz CT molecular complexity index is 897. The van der Waals surface area contributed by atoms with Gasteiger partial charge >= 0.3 is 17.7 Å². The zero-order valence-corrected chi connectivity index (χ0v) is 16.0. The molecule has 0 bridgehead atoms. The molecule has 1 aliphatic rings. The molecule has 1 saturated carbocycles. The highest BCUT2D eigenvalue weighted by Gasteiger charge is 2.17. The van der Waals surface area contributed by atoms with E-state index in [1.54, 1.807) is 25.1 Å². The van der Waals surface area contributed by atoms with Crippen LogP contribution >= 0.6 is 0 Å². The summed E-state index contributed by atoms with van der Waals surface area (Å²) in [4.78, 5) is 35.4. The summed E-state index contributed by atoms with van der Waals surface area (Å²) in [5, 5.41) is 3.21. The molecule has 1 aromatic heterocycles. The van der Waals surface area contributed by atoms with Gasteiger partial charge in [-0.15, -0.1) is 0 Å². The van der Waals surface area contributed by atoms with E-state index in [2.05, 4.69) is 5.32 Å². The van der Waals surface area contributed by atoms with Crippen LogP contribution in [0.2, 0.25) is 0 Å². The van der Waals surface area contributed by atoms with Crippen molar-refractivity contribution < 1.29 is 23.5 Å². The van der Waals surface area contributed by atoms with Crippen LogP contribution in [0.15, 0.2) is 33.5 Å². The molecule has 1 aromatic carbocycles. The summed E-state index contributed by atoms with van der Waals surface area (Å²) in [6.07, 6.45) is 5.56. The zero-order chi connectivity index (χ0) is 19.9. The number of nitrogens with one attached hydrogen (secondary N) is 1. The molecule has 3 rings (SSSR count). The standard InChI is InChI=1S/C21H25NO6/c1-2-26-21(25)22-16-8-9-17-15(11-20(24)28-18(17)12-16)13-27-19(23)10-7-14-5-3-4-6-14/h8-9,11-12,14H,2-7,10,13H2,1H3,(H,22,25). The second-order valence-corrected chi connectivity index (χ2v) is 7.00. The van der Waals surface area contributed by atoms with Gasteiger partial charge in [-0.25, -0.2) is 9.59 Å². The number of carbonyl (C=O) groups is 2. The van der Waals surface area contributed by atoms with E-state index in [1.807, 2.05) is 0 Å². The van der Waals surface area contributed by atoms with Crippen molar-refractivity contribution >= 4 is 28.7 Å². The Labute approximate surface area is 163 Å². The number of rotatable bonds is 7. The van der Waals surface area contributed by atoms with Gasteiger partial charge in [0.2, 0.25) is 0 Å². The van der Waals surface area contributed by atoms with Gasteiger partial charge in [-0.2, -0.15) is 0 Å². The fraction of sp³-hybridized carbons (Fsp3) is 0.476. The number of fused-ring (bicyclic) bond motifs is 1. The topological polar surface area (TPSA) is 94.8 Å². The summed E-state index contributed by atoms with van der Waals surface area (Å²) in [6, 6.07) is 6.25. The maximum absolute atomic E-state index is 12.0. The molecule has 1 heterocycles. The number of hydrogen-bond donors (Lipinski definition) is 1. The van der Waals surface area contributed by atoms with Crippen molar-refractivity contribution in [3.05, 3.63) is 40.2 Å². The van der Waals surface area contributed by atoms with Crippen LogP contribution in [0, 0.1) is 5.92 Å². The minimum atomic E-state index is -0.587. The Kier molecular flexibility index (Phi) is 6.68. The van der Waals surface area contributed by atoms with Gasteiger partial charge in [0.05, 0.1) is 6.61 Å². The monoisotopic (exact) mass is 387 g/mol. The van der Waals surface area contributed by atoms with Gasteiger partial charge in [-0.3, -0.25) is 10.1 Å². The van der Waals surface area contributed by atoms with Gasteiger partial charge in [-0.05, 0) is 31.4 Å². The van der Waals surface area contributed by atoms with E-state index >= 15 is 0 Å². The molecule has 1 fully saturated rings. The smallest absolute Gasteiger partial charge is 0.411 e. The minimum absolute atomic E-state index is 0.0102. The van der Waals surface area contributed by atoms with Crippen LogP contribution in [-0.2, 0) is 20.9 Å². The molecular formula is C21H25NO6. The fourth-order valence-corrected chi connectivity index (χ4v) is 3.56. The predicted molar refractivity (Wildman–Crippen MR) is 104 cm³/mol. The average molecular weight is 387 g/mol. The molecule has 0 radical (unpaired) electrons. The van der Waals surface area contributed by atoms with Crippen LogP contribution in [-0.4, -0.2) is 18.7 Å². The molecule has 0 unspecified atom stereocenters. The first-order valence-corrected chi connectivity index (χ1v) is 9.71. The fourth-order valence-electron chi connectivity index (χ4n) is 3.56. The third kappa shape index (κ3) is 5.34. The van der Waals surface area contributed by atoms with Crippen molar-refractivity contribution in [1.82, 2.24) is 0 Å². The van der Waals surface area contributed by atoms with Crippen molar-refractivity contribution in [2.45, 2.75) is 52.1 Å². The second kappa shape index (κ2) is 9.39. The SMILES string of the molecule is CCOC(=O)Nc1ccc2c(COC(=O)CCC3CCCC3)cc(=O)oc2c1. The van der Waals surface area contributed by atoms with Crippen LogP contribution in [0.3, 0.4) is 0 Å². The highest BCUT2D eigenvalue weighted by molar-refractivity contribution is 5.90. The van der Waals surface area contributed by atoms with Gasteiger partial charge in [0, 0.05) is 35.2 Å². The highest BCUT2D eigenvalue weighted by Crippen LogP contribution is 2.28. The Morgan fingerprint density at radius 1 is 1.18 bits per heavy atom. The largest absolute Gasteiger partial charge is 0.461 e. The van der Waals surface area contributed by atoms with Gasteiger partial charge in [0.1, 0.15) is 12.2 Å². The minimum Gasteiger partial charge on any atom is -0.461 e. The lowest BCUT2D eigenvalue weighted by Gasteiger charge is -2.10. The number of carbonyl (C=O) groups excluding carboxylic acids is 2. The Morgan fingerprint density at radius 2 is 1.96 bits per heavy atom. The third-order valence-electron chi connectivity index (χ3n) is 4.97. The molecule has 7 nitrogen and oxygen atoms in total. The lowest BCUT2D eigenvalue weighted by Crippen LogP contribution is -2.13. The molecule has 0 spiro atoms. The number of ether oxygens (including phenoxy) is 2. The maximum Gasteiger partial charge on any atom is 0.411 e. The number of hydrogen-bond acceptors (Lipinski definition) is 6. The molecule has 7 heteroatoms. The van der Waals surface area contributed by atoms with Crippen LogP contribution in [0.5, 0.6) is 0 Å². The van der Waals surface area contributed by atoms with Gasteiger partial charge < -0.3 is 13.9 Å². The Balaban J connectivity index is 1.65. The normalized spacial score (nSPS) is 14.2. The quantitative estimate of drug-likeness (QED) is 0.560. The molecule has 28 heavy (non-hydrogen) atoms. The molecule has 0 aliphatic heterocycles. The van der Waals surface area contributed by atoms with Gasteiger partial charge in [0.15, 0.2) is 0 Å². The number of amides is 1. The first-order valence-electron chi connectivity index (χ1n) is 9.71. The van der Waals surface area contributed by atoms with E-state index in [-0.39, 0.29) is 19.2 Å². The van der Waals surface area contributed by atoms with E-state index in [0.29, 0.717) is 34.6 Å². The molecule has 0 atom stereocenters. The summed E-state index contributed by atoms with van der Waals surface area (Å²) < 4.78 is 15.4. The van der Waals surface area contributed by atoms with Crippen LogP contribution in [0.1, 0.15) is 51.0 Å². The van der Waals surface area contributed by atoms with Crippen molar-refractivity contribution in [3.63, 3.8) is 0 Å². The Hall–Kier alpha value is -2.83. The lowest BCUT2D eigenvalue weighted by atomic mass is 10.0. The summed E-state index contributed by atoms with van der Waals surface area (Å²) in [5.74, 6) is 0.372. The molecule has 1 N–H and O–H groups in total. The highest BCUT2D eigenvalue weighted by atomic mass is 16.5. The van der Waals surface area contributed by atoms with Gasteiger partial charge in [-0.1, -0.05) is 25.7 Å². The summed E-state index contributed by atoms with van der Waals surface area (Å²) >= 11 is 0. The van der Waals surface area contributed by atoms with E-state index in [4.69, 9.17) is 13.9 Å². The van der Waals surface area contributed by atoms with Crippen molar-refractivity contribution in [3.8, 4) is 0 Å². The molecule has 1 aliphatic carbocycles. The molecule has 2 aromatic rings. The molecule has 1 amide bonds. The van der Waals surface area contributed by atoms with Crippen LogP contribution < -0.4 is 10.9 Å². The zero-order valence-electron chi connectivity index (χ0n) is 16.0. The lowest BCUT2D eigenvalue weighted by molar-refractivity contribution is -0.145. The maximum atomic E-state index is 12.0. The van der Waals surface area contributed by atoms with E-state index < -0.39 is 11.7 Å². The first kappa shape index (κ1) is 19.9. The number of benzene rings is 1. The molecule has 0 saturated heterocycles. The predicted octanol–water partition coefficient (Wildman–Crippen LogP) is 4.38. The molecular weight excluding hydrogens is 362 g/mol. The molecule has 150 valence electrons. The number of anilines is 1. The van der Waals surface area contributed by atoms with Crippen molar-refractivity contribution in [2.75, 3.05) is 11.9 Å². The first-order chi connectivity index (χ1) is 13.5. The van der Waals surface area contributed by atoms with E-state index in [0.717, 1.165) is 6.42 Å². The van der Waals surface area contributed by atoms with Crippen molar-refractivity contribution in [1.29, 1.82) is 0 Å². The van der Waals surface area contributed by atoms with Crippen molar-refractivity contribution in [2.24, 2.45) is 5.92 Å². The summed E-state index contributed by atoms with van der Waals surface area (Å²) in [6.45, 7) is 1.97. The van der Waals surface area contributed by atoms with E-state index in [9.17, 15) is 14.4 Å². The van der Waals surface area contributed by atoms with E-state index in [1.165, 1.54) is 31.7 Å². The average Bonchev–Trinajstić information content (AvgIpc) is 3.18. The van der Waals surface area contributed by atoms with Crippen LogP contribution in [0.4, 0.5) is 10.5 Å². The van der Waals surface area contributed by atoms with Gasteiger partial charge in [0.25, 0.3) is 0 Å². The number of esters is 1. The third-order valence-corrected chi connectivity index (χ3v) is 4.97. The Morgan fingerprint density at radius 3 is 2.71 bits per heavy atom.